The van der Waals surface area contributed by atoms with Crippen molar-refractivity contribution in [2.45, 2.75) is 33.2 Å². The number of carbonyl (C=O) groups is 2. The van der Waals surface area contributed by atoms with Crippen molar-refractivity contribution in [2.24, 2.45) is 5.41 Å². The number of nitrogen functional groups attached to an aromatic ring is 1. The van der Waals surface area contributed by atoms with Crippen LogP contribution in [-0.4, -0.2) is 28.1 Å². The number of carboxylic acids is 1. The number of nitrogens with zero attached hydrogens (tertiary/aromatic N) is 1. The van der Waals surface area contributed by atoms with Crippen molar-refractivity contribution in [3.8, 4) is 11.8 Å². The summed E-state index contributed by atoms with van der Waals surface area (Å²) < 4.78 is 0. The average molecular weight is 305 g/mol. The molecule has 4 N–H and O–H groups in total. The molecule has 0 saturated heterocycles. The first-order valence-corrected chi connectivity index (χ1v) is 6.60. The fraction of sp³-hybridized carbons (Fsp3) is 0.400. The number of hydroxylamine groups is 1. The van der Waals surface area contributed by atoms with Crippen LogP contribution in [0.15, 0.2) is 18.3 Å². The maximum Gasteiger partial charge on any atom is 0.330 e. The molecule has 7 nitrogen and oxygen atoms in total. The van der Waals surface area contributed by atoms with Crippen molar-refractivity contribution >= 4 is 17.6 Å². The standard InChI is InChI=1S/C15H19N3O4/c1-15(2,3)14(21)22-18-12(13(19)20)6-4-5-11-8-7-10(16)9-17-11/h7-9,12,18H,6,16H2,1-3H3,(H,19,20)/t12-/m0/s1. The number of nitrogens with one attached hydrogen (secondary N) is 1. The number of pyridine rings is 1. The van der Waals surface area contributed by atoms with Gasteiger partial charge in [0.1, 0.15) is 5.69 Å². The maximum absolute atomic E-state index is 11.6. The molecule has 0 spiro atoms. The lowest BCUT2D eigenvalue weighted by molar-refractivity contribution is -0.165. The summed E-state index contributed by atoms with van der Waals surface area (Å²) in [7, 11) is 0. The summed E-state index contributed by atoms with van der Waals surface area (Å²) >= 11 is 0. The van der Waals surface area contributed by atoms with E-state index in [-0.39, 0.29) is 6.42 Å². The van der Waals surface area contributed by atoms with Gasteiger partial charge in [0.25, 0.3) is 0 Å². The van der Waals surface area contributed by atoms with Crippen molar-refractivity contribution in [3.05, 3.63) is 24.0 Å². The fourth-order valence-corrected chi connectivity index (χ4v) is 1.18. The molecule has 22 heavy (non-hydrogen) atoms. The number of carbonyl (C=O) groups excluding carboxylic acids is 1. The second-order valence-electron chi connectivity index (χ2n) is 5.63. The van der Waals surface area contributed by atoms with Crippen LogP contribution < -0.4 is 11.2 Å². The van der Waals surface area contributed by atoms with Crippen LogP contribution in [0.2, 0.25) is 0 Å². The Kier molecular flexibility index (Phi) is 5.90. The molecule has 7 heteroatoms. The number of anilines is 1. The second kappa shape index (κ2) is 7.43. The van der Waals surface area contributed by atoms with Crippen LogP contribution in [0.4, 0.5) is 5.69 Å². The summed E-state index contributed by atoms with van der Waals surface area (Å²) in [5, 5.41) is 9.07. The van der Waals surface area contributed by atoms with Gasteiger partial charge in [-0.1, -0.05) is 5.92 Å². The largest absolute Gasteiger partial charge is 0.480 e. The molecule has 118 valence electrons. The number of nitrogens with two attached hydrogens (primary N) is 1. The van der Waals surface area contributed by atoms with Gasteiger partial charge in [-0.15, -0.1) is 5.48 Å². The second-order valence-corrected chi connectivity index (χ2v) is 5.63. The van der Waals surface area contributed by atoms with Crippen LogP contribution in [0.5, 0.6) is 0 Å². The molecule has 0 aliphatic heterocycles. The molecular weight excluding hydrogens is 286 g/mol. The fourth-order valence-electron chi connectivity index (χ4n) is 1.18. The minimum atomic E-state index is -1.17. The Morgan fingerprint density at radius 1 is 1.45 bits per heavy atom. The molecule has 0 unspecified atom stereocenters. The maximum atomic E-state index is 11.6. The number of aromatic nitrogens is 1. The molecule has 1 aromatic rings. The zero-order chi connectivity index (χ0) is 16.8. The summed E-state index contributed by atoms with van der Waals surface area (Å²) in [5.74, 6) is 3.68. The van der Waals surface area contributed by atoms with E-state index in [1.165, 1.54) is 6.20 Å². The molecular formula is C15H19N3O4. The number of carboxylic acid groups (broad SMARTS) is 1. The Hall–Kier alpha value is -2.59. The Morgan fingerprint density at radius 2 is 2.14 bits per heavy atom. The Morgan fingerprint density at radius 3 is 2.64 bits per heavy atom. The van der Waals surface area contributed by atoms with Crippen molar-refractivity contribution in [2.75, 3.05) is 5.73 Å². The van der Waals surface area contributed by atoms with Crippen LogP contribution in [0.25, 0.3) is 0 Å². The van der Waals surface area contributed by atoms with Crippen LogP contribution in [-0.2, 0) is 14.4 Å². The Bertz CT molecular complexity index is 594. The highest BCUT2D eigenvalue weighted by atomic mass is 16.7. The van der Waals surface area contributed by atoms with Gasteiger partial charge < -0.3 is 15.7 Å². The van der Waals surface area contributed by atoms with E-state index in [4.69, 9.17) is 15.7 Å². The summed E-state index contributed by atoms with van der Waals surface area (Å²) in [6.45, 7) is 5.00. The van der Waals surface area contributed by atoms with Gasteiger partial charge in [0.05, 0.1) is 17.3 Å². The van der Waals surface area contributed by atoms with Gasteiger partial charge in [-0.2, -0.15) is 0 Å². The van der Waals surface area contributed by atoms with Gasteiger partial charge in [-0.05, 0) is 38.8 Å². The molecule has 1 atom stereocenters. The SMILES string of the molecule is CC(C)(C)C(=O)ON[C@@H](CC#Cc1ccc(N)cn1)C(=O)O. The third-order valence-electron chi connectivity index (χ3n) is 2.51. The average Bonchev–Trinajstić information content (AvgIpc) is 2.42. The molecule has 0 fully saturated rings. The monoisotopic (exact) mass is 305 g/mol. The number of hydrogen-bond acceptors (Lipinski definition) is 6. The van der Waals surface area contributed by atoms with E-state index in [1.54, 1.807) is 32.9 Å². The van der Waals surface area contributed by atoms with Crippen LogP contribution >= 0.6 is 0 Å². The van der Waals surface area contributed by atoms with Crippen molar-refractivity contribution in [3.63, 3.8) is 0 Å². The van der Waals surface area contributed by atoms with E-state index in [1.807, 2.05) is 0 Å². The predicted octanol–water partition coefficient (Wildman–Crippen LogP) is 0.952. The van der Waals surface area contributed by atoms with Gasteiger partial charge in [-0.3, -0.25) is 4.79 Å². The van der Waals surface area contributed by atoms with Crippen molar-refractivity contribution in [1.29, 1.82) is 0 Å². The minimum absolute atomic E-state index is 0.0428. The number of hydrogen-bond donors (Lipinski definition) is 3. The highest BCUT2D eigenvalue weighted by Crippen LogP contribution is 2.14. The van der Waals surface area contributed by atoms with Gasteiger partial charge in [0.15, 0.2) is 6.04 Å². The summed E-state index contributed by atoms with van der Waals surface area (Å²) in [4.78, 5) is 31.4. The highest BCUT2D eigenvalue weighted by Gasteiger charge is 2.26. The van der Waals surface area contributed by atoms with Gasteiger partial charge in [-0.25, -0.2) is 9.78 Å². The smallest absolute Gasteiger partial charge is 0.330 e. The molecule has 0 aliphatic carbocycles. The number of rotatable bonds is 4. The first-order chi connectivity index (χ1) is 10.2. The third-order valence-corrected chi connectivity index (χ3v) is 2.51. The summed E-state index contributed by atoms with van der Waals surface area (Å²) in [5.41, 5.74) is 8.00. The third kappa shape index (κ3) is 5.81. The normalized spacial score (nSPS) is 12.0. The molecule has 0 saturated carbocycles. The first kappa shape index (κ1) is 17.5. The minimum Gasteiger partial charge on any atom is -0.480 e. The zero-order valence-electron chi connectivity index (χ0n) is 12.7. The topological polar surface area (TPSA) is 115 Å². The van der Waals surface area contributed by atoms with Gasteiger partial charge >= 0.3 is 11.9 Å². The van der Waals surface area contributed by atoms with E-state index in [2.05, 4.69) is 22.3 Å². The van der Waals surface area contributed by atoms with Gasteiger partial charge in [0.2, 0.25) is 0 Å². The van der Waals surface area contributed by atoms with E-state index in [0.29, 0.717) is 11.4 Å². The quantitative estimate of drug-likeness (QED) is 0.560. The lowest BCUT2D eigenvalue weighted by atomic mass is 9.98. The highest BCUT2D eigenvalue weighted by molar-refractivity contribution is 5.76. The van der Waals surface area contributed by atoms with Crippen LogP contribution in [0.3, 0.4) is 0 Å². The van der Waals surface area contributed by atoms with Crippen LogP contribution in [0, 0.1) is 17.3 Å². The van der Waals surface area contributed by atoms with Crippen molar-refractivity contribution in [1.82, 2.24) is 10.5 Å². The molecule has 0 bridgehead atoms. The molecule has 0 radical (unpaired) electrons. The molecule has 1 aromatic heterocycles. The molecule has 0 aromatic carbocycles. The van der Waals surface area contributed by atoms with E-state index in [0.717, 1.165) is 0 Å². The number of aliphatic carboxylic acids is 1. The van der Waals surface area contributed by atoms with E-state index in [9.17, 15) is 9.59 Å². The van der Waals surface area contributed by atoms with Crippen LogP contribution in [0.1, 0.15) is 32.9 Å². The Labute approximate surface area is 128 Å². The molecule has 1 heterocycles. The first-order valence-electron chi connectivity index (χ1n) is 6.60. The predicted molar refractivity (Wildman–Crippen MR) is 80.3 cm³/mol. The van der Waals surface area contributed by atoms with E-state index < -0.39 is 23.4 Å². The summed E-state index contributed by atoms with van der Waals surface area (Å²) in [6.07, 6.45) is 1.42. The lowest BCUT2D eigenvalue weighted by Crippen LogP contribution is -2.40. The molecule has 0 aliphatic rings. The zero-order valence-corrected chi connectivity index (χ0v) is 12.7. The molecule has 1 rings (SSSR count). The van der Waals surface area contributed by atoms with Gasteiger partial charge in [0, 0.05) is 6.42 Å². The lowest BCUT2D eigenvalue weighted by Gasteiger charge is -2.18. The Balaban J connectivity index is 2.61. The van der Waals surface area contributed by atoms with Crippen molar-refractivity contribution < 1.29 is 19.5 Å². The summed E-state index contributed by atoms with van der Waals surface area (Å²) in [6, 6.07) is 2.16. The molecule has 0 amide bonds. The van der Waals surface area contributed by atoms with E-state index >= 15 is 0 Å².